The van der Waals surface area contributed by atoms with Crippen LogP contribution >= 0.6 is 27.3 Å². The molecule has 1 aromatic rings. The van der Waals surface area contributed by atoms with E-state index < -0.39 is 5.97 Å². The topological polar surface area (TPSA) is 78.4 Å². The van der Waals surface area contributed by atoms with Gasteiger partial charge in [-0.25, -0.2) is 4.79 Å². The quantitative estimate of drug-likeness (QED) is 0.589. The number of rotatable bonds is 9. The molecular weight excluding hydrogens is 344 g/mol. The molecule has 0 aliphatic carbocycles. The van der Waals surface area contributed by atoms with Crippen molar-refractivity contribution >= 4 is 39.3 Å². The van der Waals surface area contributed by atoms with Gasteiger partial charge in [-0.15, -0.1) is 11.3 Å². The van der Waals surface area contributed by atoms with E-state index in [1.54, 1.807) is 11.3 Å². The summed E-state index contributed by atoms with van der Waals surface area (Å²) in [5, 5.41) is 16.0. The van der Waals surface area contributed by atoms with Crippen LogP contribution in [-0.4, -0.2) is 23.7 Å². The van der Waals surface area contributed by atoms with Crippen LogP contribution < -0.4 is 10.6 Å². The smallest absolute Gasteiger partial charge is 0.315 e. The van der Waals surface area contributed by atoms with Crippen molar-refractivity contribution in [2.24, 2.45) is 0 Å². The molecule has 0 bridgehead atoms. The third kappa shape index (κ3) is 7.49. The van der Waals surface area contributed by atoms with Gasteiger partial charge in [0.15, 0.2) is 0 Å². The number of aliphatic carboxylic acids is 1. The SMILES string of the molecule is O=C(O)CCCCCCNC(=O)NCc1sccc1Br. The van der Waals surface area contributed by atoms with Crippen molar-refractivity contribution in [3.8, 4) is 0 Å². The minimum atomic E-state index is -0.748. The maximum absolute atomic E-state index is 11.5. The largest absolute Gasteiger partial charge is 0.481 e. The Morgan fingerprint density at radius 2 is 1.95 bits per heavy atom. The van der Waals surface area contributed by atoms with Crippen LogP contribution in [-0.2, 0) is 11.3 Å². The van der Waals surface area contributed by atoms with Crippen molar-refractivity contribution < 1.29 is 14.7 Å². The first-order chi connectivity index (χ1) is 9.59. The van der Waals surface area contributed by atoms with Crippen LogP contribution in [0.1, 0.15) is 37.0 Å². The molecule has 0 aromatic carbocycles. The average molecular weight is 363 g/mol. The first kappa shape index (κ1) is 17.0. The number of hydrogen-bond donors (Lipinski definition) is 3. The number of carboxylic acid groups (broad SMARTS) is 1. The van der Waals surface area contributed by atoms with Gasteiger partial charge in [0, 0.05) is 22.3 Å². The van der Waals surface area contributed by atoms with Gasteiger partial charge in [0.05, 0.1) is 6.54 Å². The Labute approximate surface area is 130 Å². The van der Waals surface area contributed by atoms with Crippen LogP contribution in [0.4, 0.5) is 4.79 Å². The number of urea groups is 1. The molecule has 0 aliphatic rings. The molecule has 0 aliphatic heterocycles. The lowest BCUT2D eigenvalue weighted by Crippen LogP contribution is -2.35. The van der Waals surface area contributed by atoms with Gasteiger partial charge >= 0.3 is 12.0 Å². The third-order valence-electron chi connectivity index (χ3n) is 2.70. The lowest BCUT2D eigenvalue weighted by atomic mass is 10.1. The molecule has 20 heavy (non-hydrogen) atoms. The predicted molar refractivity (Wildman–Crippen MR) is 83.0 cm³/mol. The minimum Gasteiger partial charge on any atom is -0.481 e. The van der Waals surface area contributed by atoms with E-state index in [1.807, 2.05) is 11.4 Å². The molecule has 0 fully saturated rings. The maximum atomic E-state index is 11.5. The average Bonchev–Trinajstić information content (AvgIpc) is 2.80. The van der Waals surface area contributed by atoms with E-state index in [0.717, 1.165) is 28.6 Å². The Balaban J connectivity index is 1.98. The minimum absolute atomic E-state index is 0.171. The fraction of sp³-hybridized carbons (Fsp3) is 0.538. The molecule has 7 heteroatoms. The van der Waals surface area contributed by atoms with Crippen molar-refractivity contribution in [2.45, 2.75) is 38.6 Å². The van der Waals surface area contributed by atoms with Gasteiger partial charge in [-0.1, -0.05) is 12.8 Å². The van der Waals surface area contributed by atoms with Crippen molar-refractivity contribution in [1.29, 1.82) is 0 Å². The van der Waals surface area contributed by atoms with E-state index in [9.17, 15) is 9.59 Å². The van der Waals surface area contributed by atoms with Crippen molar-refractivity contribution in [2.75, 3.05) is 6.54 Å². The Bertz CT molecular complexity index is 437. The molecule has 0 atom stereocenters. The fourth-order valence-corrected chi connectivity index (χ4v) is 3.06. The summed E-state index contributed by atoms with van der Waals surface area (Å²) in [6.07, 6.45) is 3.62. The lowest BCUT2D eigenvalue weighted by molar-refractivity contribution is -0.137. The van der Waals surface area contributed by atoms with Crippen molar-refractivity contribution in [1.82, 2.24) is 10.6 Å². The number of hydrogen-bond acceptors (Lipinski definition) is 3. The van der Waals surface area contributed by atoms with Crippen molar-refractivity contribution in [3.63, 3.8) is 0 Å². The van der Waals surface area contributed by atoms with Gasteiger partial charge in [0.2, 0.25) is 0 Å². The monoisotopic (exact) mass is 362 g/mol. The highest BCUT2D eigenvalue weighted by Crippen LogP contribution is 2.21. The number of halogens is 1. The molecule has 0 saturated heterocycles. The molecule has 0 spiro atoms. The number of amides is 2. The summed E-state index contributed by atoms with van der Waals surface area (Å²) in [5.74, 6) is -0.748. The summed E-state index contributed by atoms with van der Waals surface area (Å²) < 4.78 is 1.02. The van der Waals surface area contributed by atoms with E-state index >= 15 is 0 Å². The highest BCUT2D eigenvalue weighted by Gasteiger charge is 2.04. The van der Waals surface area contributed by atoms with E-state index in [2.05, 4.69) is 26.6 Å². The Hall–Kier alpha value is -1.08. The number of carbonyl (C=O) groups excluding carboxylic acids is 1. The van der Waals surface area contributed by atoms with Crippen LogP contribution in [0.15, 0.2) is 15.9 Å². The second kappa shape index (κ2) is 9.77. The molecule has 5 nitrogen and oxygen atoms in total. The molecular formula is C13H19BrN2O3S. The van der Waals surface area contributed by atoms with Gasteiger partial charge < -0.3 is 15.7 Å². The summed E-state index contributed by atoms with van der Waals surface area (Å²) in [5.41, 5.74) is 0. The number of thiophene rings is 1. The molecule has 3 N–H and O–H groups in total. The first-order valence-corrected chi connectivity index (χ1v) is 8.22. The van der Waals surface area contributed by atoms with Crippen molar-refractivity contribution in [3.05, 3.63) is 20.8 Å². The van der Waals surface area contributed by atoms with Crippen LogP contribution in [0.5, 0.6) is 0 Å². The molecule has 1 rings (SSSR count). The summed E-state index contributed by atoms with van der Waals surface area (Å²) in [4.78, 5) is 22.9. The molecule has 112 valence electrons. The summed E-state index contributed by atoms with van der Waals surface area (Å²) in [6.45, 7) is 1.13. The van der Waals surface area contributed by atoms with E-state index in [-0.39, 0.29) is 12.5 Å². The van der Waals surface area contributed by atoms with Gasteiger partial charge in [-0.05, 0) is 40.2 Å². The van der Waals surface area contributed by atoms with Gasteiger partial charge in [0.25, 0.3) is 0 Å². The van der Waals surface area contributed by atoms with E-state index in [0.29, 0.717) is 19.5 Å². The molecule has 1 heterocycles. The summed E-state index contributed by atoms with van der Waals surface area (Å²) >= 11 is 5.01. The summed E-state index contributed by atoms with van der Waals surface area (Å²) in [7, 11) is 0. The zero-order chi connectivity index (χ0) is 14.8. The lowest BCUT2D eigenvalue weighted by Gasteiger charge is -2.07. The van der Waals surface area contributed by atoms with E-state index in [1.165, 1.54) is 0 Å². The summed E-state index contributed by atoms with van der Waals surface area (Å²) in [6, 6.07) is 1.78. The predicted octanol–water partition coefficient (Wildman–Crippen LogP) is 3.34. The molecule has 1 aromatic heterocycles. The highest BCUT2D eigenvalue weighted by molar-refractivity contribution is 9.10. The first-order valence-electron chi connectivity index (χ1n) is 6.55. The zero-order valence-corrected chi connectivity index (χ0v) is 13.6. The normalized spacial score (nSPS) is 10.2. The van der Waals surface area contributed by atoms with Crippen LogP contribution in [0, 0.1) is 0 Å². The third-order valence-corrected chi connectivity index (χ3v) is 4.63. The molecule has 0 unspecified atom stereocenters. The van der Waals surface area contributed by atoms with Gasteiger partial charge in [-0.2, -0.15) is 0 Å². The Kier molecular flexibility index (Phi) is 8.29. The second-order valence-corrected chi connectivity index (χ2v) is 6.21. The number of nitrogens with one attached hydrogen (secondary N) is 2. The zero-order valence-electron chi connectivity index (χ0n) is 11.2. The maximum Gasteiger partial charge on any atom is 0.315 e. The van der Waals surface area contributed by atoms with Crippen LogP contribution in [0.25, 0.3) is 0 Å². The fourth-order valence-electron chi connectivity index (χ4n) is 1.63. The molecule has 0 saturated carbocycles. The number of unbranched alkanes of at least 4 members (excludes halogenated alkanes) is 3. The van der Waals surface area contributed by atoms with Crippen LogP contribution in [0.2, 0.25) is 0 Å². The Morgan fingerprint density at radius 1 is 1.20 bits per heavy atom. The number of carboxylic acids is 1. The number of carbonyl (C=O) groups is 2. The molecule has 0 radical (unpaired) electrons. The second-order valence-electron chi connectivity index (χ2n) is 4.36. The van der Waals surface area contributed by atoms with Gasteiger partial charge in [0.1, 0.15) is 0 Å². The standard InChI is InChI=1S/C13H19BrN2O3S/c14-10-6-8-20-11(10)9-16-13(19)15-7-4-2-1-3-5-12(17)18/h6,8H,1-5,7,9H2,(H,17,18)(H2,15,16,19). The van der Waals surface area contributed by atoms with Gasteiger partial charge in [-0.3, -0.25) is 4.79 Å². The highest BCUT2D eigenvalue weighted by atomic mass is 79.9. The Morgan fingerprint density at radius 3 is 2.60 bits per heavy atom. The van der Waals surface area contributed by atoms with Crippen LogP contribution in [0.3, 0.4) is 0 Å². The van der Waals surface area contributed by atoms with E-state index in [4.69, 9.17) is 5.11 Å². The molecule has 2 amide bonds.